The Balaban J connectivity index is 2.61. The Labute approximate surface area is 114 Å². The third-order valence-electron chi connectivity index (χ3n) is 2.91. The zero-order valence-electron chi connectivity index (χ0n) is 10.7. The summed E-state index contributed by atoms with van der Waals surface area (Å²) < 4.78 is 10.4. The van der Waals surface area contributed by atoms with E-state index < -0.39 is 5.97 Å². The van der Waals surface area contributed by atoms with Gasteiger partial charge in [0.15, 0.2) is 11.5 Å². The number of aromatic carboxylic acids is 1. The maximum absolute atomic E-state index is 10.8. The molecule has 100 valence electrons. The van der Waals surface area contributed by atoms with Gasteiger partial charge in [0.05, 0.1) is 7.11 Å². The number of hydrogen-bond donors (Lipinski definition) is 1. The molecule has 1 aromatic carbocycles. The van der Waals surface area contributed by atoms with Crippen LogP contribution in [-0.2, 0) is 0 Å². The molecule has 0 amide bonds. The van der Waals surface area contributed by atoms with Crippen LogP contribution in [0.25, 0.3) is 11.3 Å². The molecule has 0 spiro atoms. The molecule has 0 unspecified atom stereocenters. The van der Waals surface area contributed by atoms with Gasteiger partial charge in [-0.3, -0.25) is 0 Å². The average Bonchev–Trinajstić information content (AvgIpc) is 2.84. The maximum Gasteiger partial charge on any atom is 0.358 e. The number of aromatic nitrogens is 1. The van der Waals surface area contributed by atoms with Crippen LogP contribution >= 0.6 is 11.6 Å². The summed E-state index contributed by atoms with van der Waals surface area (Å²) in [4.78, 5) is 10.8. The van der Waals surface area contributed by atoms with Crippen molar-refractivity contribution in [2.24, 2.45) is 0 Å². The lowest BCUT2D eigenvalue weighted by Gasteiger charge is -2.13. The van der Waals surface area contributed by atoms with Crippen molar-refractivity contribution in [2.75, 3.05) is 7.11 Å². The Hall–Kier alpha value is -2.01. The van der Waals surface area contributed by atoms with E-state index in [-0.39, 0.29) is 5.69 Å². The smallest absolute Gasteiger partial charge is 0.358 e. The summed E-state index contributed by atoms with van der Waals surface area (Å²) in [5, 5.41) is 12.8. The molecule has 0 bridgehead atoms. The van der Waals surface area contributed by atoms with E-state index in [9.17, 15) is 4.79 Å². The minimum atomic E-state index is -1.14. The van der Waals surface area contributed by atoms with Gasteiger partial charge in [-0.2, -0.15) is 0 Å². The number of benzene rings is 1. The molecular weight excluding hydrogens is 270 g/mol. The molecule has 1 heterocycles. The highest BCUT2D eigenvalue weighted by Crippen LogP contribution is 2.37. The van der Waals surface area contributed by atoms with Gasteiger partial charge in [0.25, 0.3) is 0 Å². The normalized spacial score (nSPS) is 10.5. The van der Waals surface area contributed by atoms with E-state index in [1.807, 2.05) is 13.8 Å². The van der Waals surface area contributed by atoms with Crippen LogP contribution in [0.1, 0.15) is 21.6 Å². The number of carbonyl (C=O) groups is 1. The molecule has 0 aliphatic carbocycles. The number of halogens is 1. The number of hydrogen-bond acceptors (Lipinski definition) is 4. The van der Waals surface area contributed by atoms with E-state index in [1.54, 1.807) is 13.2 Å². The van der Waals surface area contributed by atoms with Gasteiger partial charge in [0.1, 0.15) is 5.75 Å². The first-order valence-corrected chi connectivity index (χ1v) is 5.87. The summed E-state index contributed by atoms with van der Waals surface area (Å²) in [6.45, 7) is 3.70. The van der Waals surface area contributed by atoms with Gasteiger partial charge in [0.2, 0.25) is 0 Å². The molecule has 19 heavy (non-hydrogen) atoms. The Kier molecular flexibility index (Phi) is 3.48. The van der Waals surface area contributed by atoms with Crippen LogP contribution in [0.2, 0.25) is 5.02 Å². The highest BCUT2D eigenvalue weighted by atomic mass is 35.5. The molecule has 0 saturated carbocycles. The van der Waals surface area contributed by atoms with Crippen molar-refractivity contribution in [3.8, 4) is 17.1 Å². The van der Waals surface area contributed by atoms with Crippen molar-refractivity contribution < 1.29 is 19.2 Å². The van der Waals surface area contributed by atoms with Crippen LogP contribution in [0.3, 0.4) is 0 Å². The van der Waals surface area contributed by atoms with Crippen LogP contribution in [-0.4, -0.2) is 23.3 Å². The number of ether oxygens (including phenoxy) is 1. The quantitative estimate of drug-likeness (QED) is 0.934. The minimum absolute atomic E-state index is 0.148. The Morgan fingerprint density at radius 1 is 1.37 bits per heavy atom. The standard InChI is InChI=1S/C13H12ClNO4/c1-6-8(4-9(14)7(2)12(6)18-3)11-5-10(13(16)17)15-19-11/h4-5H,1-3H3,(H,16,17). The van der Waals surface area contributed by atoms with Gasteiger partial charge in [-0.15, -0.1) is 0 Å². The number of nitrogens with zero attached hydrogens (tertiary/aromatic N) is 1. The average molecular weight is 282 g/mol. The molecule has 0 saturated heterocycles. The predicted octanol–water partition coefficient (Wildman–Crippen LogP) is 3.32. The summed E-state index contributed by atoms with van der Waals surface area (Å²) in [6, 6.07) is 3.07. The molecular formula is C13H12ClNO4. The van der Waals surface area contributed by atoms with Gasteiger partial charge >= 0.3 is 5.97 Å². The SMILES string of the molecule is COc1c(C)c(Cl)cc(-c2cc(C(=O)O)no2)c1C. The first kappa shape index (κ1) is 13.4. The largest absolute Gasteiger partial charge is 0.496 e. The topological polar surface area (TPSA) is 72.6 Å². The lowest BCUT2D eigenvalue weighted by molar-refractivity contribution is 0.0686. The van der Waals surface area contributed by atoms with Crippen molar-refractivity contribution in [1.82, 2.24) is 5.16 Å². The summed E-state index contributed by atoms with van der Waals surface area (Å²) >= 11 is 6.13. The Morgan fingerprint density at radius 3 is 2.58 bits per heavy atom. The molecule has 2 rings (SSSR count). The monoisotopic (exact) mass is 281 g/mol. The van der Waals surface area contributed by atoms with E-state index in [4.69, 9.17) is 26.0 Å². The van der Waals surface area contributed by atoms with Crippen LogP contribution in [0.15, 0.2) is 16.7 Å². The van der Waals surface area contributed by atoms with Crippen molar-refractivity contribution >= 4 is 17.6 Å². The van der Waals surface area contributed by atoms with Gasteiger partial charge in [0, 0.05) is 27.8 Å². The Bertz CT molecular complexity index is 648. The van der Waals surface area contributed by atoms with E-state index in [2.05, 4.69) is 5.16 Å². The third kappa shape index (κ3) is 2.29. The third-order valence-corrected chi connectivity index (χ3v) is 3.31. The molecule has 0 fully saturated rings. The molecule has 0 radical (unpaired) electrons. The second-order valence-electron chi connectivity index (χ2n) is 4.07. The van der Waals surface area contributed by atoms with Crippen molar-refractivity contribution in [3.05, 3.63) is 34.0 Å². The summed E-state index contributed by atoms with van der Waals surface area (Å²) in [5.74, 6) is -0.149. The van der Waals surface area contributed by atoms with Crippen LogP contribution in [0.4, 0.5) is 0 Å². The molecule has 2 aromatic rings. The summed E-state index contributed by atoms with van der Waals surface area (Å²) in [7, 11) is 1.55. The van der Waals surface area contributed by atoms with E-state index >= 15 is 0 Å². The van der Waals surface area contributed by atoms with Crippen LogP contribution < -0.4 is 4.74 Å². The molecule has 6 heteroatoms. The fraction of sp³-hybridized carbons (Fsp3) is 0.231. The predicted molar refractivity (Wildman–Crippen MR) is 69.9 cm³/mol. The van der Waals surface area contributed by atoms with Gasteiger partial charge in [-0.05, 0) is 19.9 Å². The molecule has 0 atom stereocenters. The minimum Gasteiger partial charge on any atom is -0.496 e. The number of carboxylic acids is 1. The number of carboxylic acid groups (broad SMARTS) is 1. The summed E-state index contributed by atoms with van der Waals surface area (Å²) in [6.07, 6.45) is 0. The number of rotatable bonds is 3. The highest BCUT2D eigenvalue weighted by Gasteiger charge is 2.18. The second-order valence-corrected chi connectivity index (χ2v) is 4.48. The fourth-order valence-electron chi connectivity index (χ4n) is 1.92. The van der Waals surface area contributed by atoms with Crippen molar-refractivity contribution in [1.29, 1.82) is 0 Å². The maximum atomic E-state index is 10.8. The van der Waals surface area contributed by atoms with Crippen LogP contribution in [0, 0.1) is 13.8 Å². The van der Waals surface area contributed by atoms with Crippen molar-refractivity contribution in [2.45, 2.75) is 13.8 Å². The molecule has 1 aromatic heterocycles. The van der Waals surface area contributed by atoms with Crippen molar-refractivity contribution in [3.63, 3.8) is 0 Å². The molecule has 1 N–H and O–H groups in total. The Morgan fingerprint density at radius 2 is 2.05 bits per heavy atom. The second kappa shape index (κ2) is 4.93. The first-order valence-electron chi connectivity index (χ1n) is 5.49. The van der Waals surface area contributed by atoms with Gasteiger partial charge in [-0.1, -0.05) is 16.8 Å². The lowest BCUT2D eigenvalue weighted by atomic mass is 10.0. The van der Waals surface area contributed by atoms with E-state index in [0.29, 0.717) is 22.1 Å². The van der Waals surface area contributed by atoms with Gasteiger partial charge < -0.3 is 14.4 Å². The van der Waals surface area contributed by atoms with Crippen LogP contribution in [0.5, 0.6) is 5.75 Å². The first-order chi connectivity index (χ1) is 8.95. The molecule has 0 aliphatic heterocycles. The lowest BCUT2D eigenvalue weighted by Crippen LogP contribution is -1.95. The number of methoxy groups -OCH3 is 1. The molecule has 0 aliphatic rings. The van der Waals surface area contributed by atoms with Gasteiger partial charge in [-0.25, -0.2) is 4.79 Å². The van der Waals surface area contributed by atoms with E-state index in [0.717, 1.165) is 11.1 Å². The summed E-state index contributed by atoms with van der Waals surface area (Å²) in [5.41, 5.74) is 2.15. The van der Waals surface area contributed by atoms with E-state index in [1.165, 1.54) is 6.07 Å². The fourth-order valence-corrected chi connectivity index (χ4v) is 2.12. The molecule has 5 nitrogen and oxygen atoms in total. The zero-order chi connectivity index (χ0) is 14.2. The zero-order valence-corrected chi connectivity index (χ0v) is 11.4. The highest BCUT2D eigenvalue weighted by molar-refractivity contribution is 6.32.